The fraction of sp³-hybridized carbons (Fsp3) is 0.182. The number of halogens is 1. The number of benzene rings is 1. The Hall–Kier alpha value is -1.09. The molecule has 2 rings (SSSR count). The van der Waals surface area contributed by atoms with Crippen LogP contribution < -0.4 is 4.90 Å². The van der Waals surface area contributed by atoms with Crippen molar-refractivity contribution in [2.24, 2.45) is 0 Å². The predicted molar refractivity (Wildman–Crippen MR) is 63.8 cm³/mol. The number of aromatic nitrogens is 1. The van der Waals surface area contributed by atoms with Gasteiger partial charge >= 0.3 is 0 Å². The molecular weight excluding hydrogens is 240 g/mol. The first kappa shape index (κ1) is 9.46. The topological polar surface area (TPSA) is 16.1 Å². The van der Waals surface area contributed by atoms with Crippen molar-refractivity contribution < 1.29 is 0 Å². The highest BCUT2D eigenvalue weighted by Gasteiger charge is 2.03. The largest absolute Gasteiger partial charge is 0.363 e. The number of hydrogen-bond acceptors (Lipinski definition) is 2. The molecule has 0 saturated carbocycles. The van der Waals surface area contributed by atoms with E-state index in [1.54, 1.807) is 0 Å². The molecule has 0 atom stereocenters. The fourth-order valence-corrected chi connectivity index (χ4v) is 1.91. The normalized spacial score (nSPS) is 10.5. The number of pyridine rings is 1. The number of nitrogens with zero attached hydrogens (tertiary/aromatic N) is 2. The summed E-state index contributed by atoms with van der Waals surface area (Å²) in [6.07, 6.45) is 0. The van der Waals surface area contributed by atoms with Gasteiger partial charge in [-0.2, -0.15) is 0 Å². The maximum atomic E-state index is 4.44. The highest BCUT2D eigenvalue weighted by atomic mass is 79.9. The standard InChI is InChI=1S/C11H11BrN2/c1-14(2)10-7-8-5-3-4-6-9(8)11(12)13-10/h3-7H,1-2H3. The molecule has 0 unspecified atom stereocenters. The van der Waals surface area contributed by atoms with E-state index in [4.69, 9.17) is 0 Å². The molecular formula is C11H11BrN2. The minimum atomic E-state index is 0.902. The lowest BCUT2D eigenvalue weighted by Gasteiger charge is -2.12. The zero-order valence-corrected chi connectivity index (χ0v) is 9.75. The molecule has 0 aliphatic carbocycles. The van der Waals surface area contributed by atoms with Crippen molar-refractivity contribution in [3.63, 3.8) is 0 Å². The minimum absolute atomic E-state index is 0.902. The van der Waals surface area contributed by atoms with Crippen molar-refractivity contribution in [2.45, 2.75) is 0 Å². The summed E-state index contributed by atoms with van der Waals surface area (Å²) in [6.45, 7) is 0. The summed E-state index contributed by atoms with van der Waals surface area (Å²) in [7, 11) is 3.98. The van der Waals surface area contributed by atoms with Gasteiger partial charge in [-0.3, -0.25) is 0 Å². The molecule has 0 radical (unpaired) electrons. The van der Waals surface area contributed by atoms with E-state index in [2.05, 4.69) is 39.1 Å². The Morgan fingerprint density at radius 3 is 2.64 bits per heavy atom. The molecule has 0 N–H and O–H groups in total. The molecule has 2 aromatic rings. The van der Waals surface area contributed by atoms with Crippen LogP contribution in [-0.2, 0) is 0 Å². The van der Waals surface area contributed by atoms with Crippen molar-refractivity contribution in [1.82, 2.24) is 4.98 Å². The minimum Gasteiger partial charge on any atom is -0.363 e. The van der Waals surface area contributed by atoms with E-state index < -0.39 is 0 Å². The highest BCUT2D eigenvalue weighted by molar-refractivity contribution is 9.10. The zero-order valence-electron chi connectivity index (χ0n) is 8.16. The Bertz CT molecular complexity index is 466. The highest BCUT2D eigenvalue weighted by Crippen LogP contribution is 2.25. The molecule has 0 aliphatic rings. The molecule has 2 nitrogen and oxygen atoms in total. The summed E-state index contributed by atoms with van der Waals surface area (Å²) in [6, 6.07) is 10.3. The second-order valence-corrected chi connectivity index (χ2v) is 4.14. The second kappa shape index (κ2) is 3.58. The van der Waals surface area contributed by atoms with Gasteiger partial charge in [-0.05, 0) is 27.4 Å². The van der Waals surface area contributed by atoms with Crippen LogP contribution in [0.2, 0.25) is 0 Å². The van der Waals surface area contributed by atoms with E-state index in [0.29, 0.717) is 0 Å². The predicted octanol–water partition coefficient (Wildman–Crippen LogP) is 3.06. The quantitative estimate of drug-likeness (QED) is 0.724. The fourth-order valence-electron chi connectivity index (χ4n) is 1.37. The van der Waals surface area contributed by atoms with Crippen molar-refractivity contribution >= 4 is 32.5 Å². The molecule has 14 heavy (non-hydrogen) atoms. The zero-order chi connectivity index (χ0) is 10.1. The molecule has 1 aromatic carbocycles. The number of fused-ring (bicyclic) bond motifs is 1. The van der Waals surface area contributed by atoms with Gasteiger partial charge in [0.05, 0.1) is 0 Å². The monoisotopic (exact) mass is 250 g/mol. The van der Waals surface area contributed by atoms with Crippen LogP contribution in [-0.4, -0.2) is 19.1 Å². The SMILES string of the molecule is CN(C)c1cc2ccccc2c(Br)n1. The molecule has 0 aliphatic heterocycles. The second-order valence-electron chi connectivity index (χ2n) is 3.39. The van der Waals surface area contributed by atoms with Crippen LogP contribution in [0.15, 0.2) is 34.9 Å². The Balaban J connectivity index is 2.72. The summed E-state index contributed by atoms with van der Waals surface area (Å²) < 4.78 is 0.902. The average molecular weight is 251 g/mol. The van der Waals surface area contributed by atoms with Gasteiger partial charge in [-0.1, -0.05) is 24.3 Å². The molecule has 1 aromatic heterocycles. The van der Waals surface area contributed by atoms with E-state index >= 15 is 0 Å². The molecule has 72 valence electrons. The van der Waals surface area contributed by atoms with Gasteiger partial charge in [0.15, 0.2) is 0 Å². The van der Waals surface area contributed by atoms with Gasteiger partial charge in [0.25, 0.3) is 0 Å². The third-order valence-corrected chi connectivity index (χ3v) is 2.74. The van der Waals surface area contributed by atoms with Crippen molar-refractivity contribution in [1.29, 1.82) is 0 Å². The molecule has 0 fully saturated rings. The third-order valence-electron chi connectivity index (χ3n) is 2.14. The molecule has 0 amide bonds. The molecule has 1 heterocycles. The van der Waals surface area contributed by atoms with Crippen LogP contribution in [0, 0.1) is 0 Å². The van der Waals surface area contributed by atoms with Crippen LogP contribution >= 0.6 is 15.9 Å². The Labute approximate surface area is 91.7 Å². The van der Waals surface area contributed by atoms with E-state index in [-0.39, 0.29) is 0 Å². The lowest BCUT2D eigenvalue weighted by Crippen LogP contribution is -2.10. The van der Waals surface area contributed by atoms with E-state index in [1.165, 1.54) is 5.39 Å². The maximum Gasteiger partial charge on any atom is 0.129 e. The number of anilines is 1. The van der Waals surface area contributed by atoms with Crippen molar-refractivity contribution in [3.05, 3.63) is 34.9 Å². The molecule has 0 saturated heterocycles. The molecule has 0 spiro atoms. The first-order chi connectivity index (χ1) is 6.68. The first-order valence-electron chi connectivity index (χ1n) is 4.41. The van der Waals surface area contributed by atoms with Crippen molar-refractivity contribution in [2.75, 3.05) is 19.0 Å². The summed E-state index contributed by atoms with van der Waals surface area (Å²) in [4.78, 5) is 6.44. The van der Waals surface area contributed by atoms with Gasteiger partial charge in [0, 0.05) is 19.5 Å². The number of hydrogen-bond donors (Lipinski definition) is 0. The Kier molecular flexibility index (Phi) is 2.42. The maximum absolute atomic E-state index is 4.44. The van der Waals surface area contributed by atoms with E-state index in [0.717, 1.165) is 15.8 Å². The van der Waals surface area contributed by atoms with Gasteiger partial charge in [0.1, 0.15) is 10.4 Å². The lowest BCUT2D eigenvalue weighted by atomic mass is 10.2. The van der Waals surface area contributed by atoms with Crippen molar-refractivity contribution in [3.8, 4) is 0 Å². The van der Waals surface area contributed by atoms with Gasteiger partial charge in [-0.15, -0.1) is 0 Å². The van der Waals surface area contributed by atoms with E-state index in [1.807, 2.05) is 31.1 Å². The Morgan fingerprint density at radius 2 is 1.93 bits per heavy atom. The van der Waals surface area contributed by atoms with Crippen LogP contribution in [0.1, 0.15) is 0 Å². The van der Waals surface area contributed by atoms with Crippen LogP contribution in [0.4, 0.5) is 5.82 Å². The smallest absolute Gasteiger partial charge is 0.129 e. The Morgan fingerprint density at radius 1 is 1.21 bits per heavy atom. The van der Waals surface area contributed by atoms with E-state index in [9.17, 15) is 0 Å². The average Bonchev–Trinajstić information content (AvgIpc) is 2.17. The van der Waals surface area contributed by atoms with Gasteiger partial charge in [0.2, 0.25) is 0 Å². The van der Waals surface area contributed by atoms with Crippen LogP contribution in [0.25, 0.3) is 10.8 Å². The first-order valence-corrected chi connectivity index (χ1v) is 5.20. The van der Waals surface area contributed by atoms with Crippen LogP contribution in [0.3, 0.4) is 0 Å². The summed E-state index contributed by atoms with van der Waals surface area (Å²) in [5.41, 5.74) is 0. The summed E-state index contributed by atoms with van der Waals surface area (Å²) in [5.74, 6) is 0.968. The third kappa shape index (κ3) is 1.60. The van der Waals surface area contributed by atoms with Gasteiger partial charge < -0.3 is 4.90 Å². The van der Waals surface area contributed by atoms with Gasteiger partial charge in [-0.25, -0.2) is 4.98 Å². The molecule has 0 bridgehead atoms. The van der Waals surface area contributed by atoms with Crippen LogP contribution in [0.5, 0.6) is 0 Å². The molecule has 3 heteroatoms. The summed E-state index contributed by atoms with van der Waals surface area (Å²) in [5, 5.41) is 2.36. The number of rotatable bonds is 1. The lowest BCUT2D eigenvalue weighted by molar-refractivity contribution is 1.07. The summed E-state index contributed by atoms with van der Waals surface area (Å²) >= 11 is 3.48.